The first kappa shape index (κ1) is 13.1. The Balaban J connectivity index is 2.24. The SMILES string of the molecule is CN1CCN(c2ccc(F)c(Cl)c2)C(CC#N)C1. The average molecular weight is 268 g/mol. The number of nitriles is 1. The number of anilines is 1. The molecule has 1 aromatic carbocycles. The monoisotopic (exact) mass is 267 g/mol. The van der Waals surface area contributed by atoms with E-state index in [0.717, 1.165) is 25.3 Å². The largest absolute Gasteiger partial charge is 0.365 e. The van der Waals surface area contributed by atoms with Crippen LogP contribution in [0.2, 0.25) is 5.02 Å². The quantitative estimate of drug-likeness (QED) is 0.825. The van der Waals surface area contributed by atoms with E-state index in [4.69, 9.17) is 16.9 Å². The summed E-state index contributed by atoms with van der Waals surface area (Å²) in [6, 6.07) is 7.07. The Morgan fingerprint density at radius 3 is 2.94 bits per heavy atom. The van der Waals surface area contributed by atoms with Gasteiger partial charge in [-0.15, -0.1) is 0 Å². The maximum atomic E-state index is 13.2. The van der Waals surface area contributed by atoms with E-state index < -0.39 is 5.82 Å². The van der Waals surface area contributed by atoms with Gasteiger partial charge in [-0.05, 0) is 25.2 Å². The zero-order valence-corrected chi connectivity index (χ0v) is 11.0. The number of halogens is 2. The molecule has 1 saturated heterocycles. The van der Waals surface area contributed by atoms with E-state index >= 15 is 0 Å². The summed E-state index contributed by atoms with van der Waals surface area (Å²) in [4.78, 5) is 4.33. The Bertz CT molecular complexity index is 472. The lowest BCUT2D eigenvalue weighted by Crippen LogP contribution is -2.51. The van der Waals surface area contributed by atoms with Gasteiger partial charge in [0, 0.05) is 25.3 Å². The third-order valence-electron chi connectivity index (χ3n) is 3.25. The van der Waals surface area contributed by atoms with Crippen molar-refractivity contribution in [1.29, 1.82) is 5.26 Å². The van der Waals surface area contributed by atoms with Gasteiger partial charge in [0.1, 0.15) is 5.82 Å². The third kappa shape index (κ3) is 2.74. The Hall–Kier alpha value is -1.31. The van der Waals surface area contributed by atoms with E-state index in [-0.39, 0.29) is 11.1 Å². The van der Waals surface area contributed by atoms with Crippen LogP contribution in [0.5, 0.6) is 0 Å². The number of likely N-dealkylation sites (N-methyl/N-ethyl adjacent to an activating group) is 1. The fourth-order valence-electron chi connectivity index (χ4n) is 2.29. The molecule has 0 spiro atoms. The highest BCUT2D eigenvalue weighted by molar-refractivity contribution is 6.31. The van der Waals surface area contributed by atoms with Crippen molar-refractivity contribution in [3.8, 4) is 6.07 Å². The molecule has 0 bridgehead atoms. The van der Waals surface area contributed by atoms with Crippen molar-refractivity contribution in [3.63, 3.8) is 0 Å². The van der Waals surface area contributed by atoms with Crippen LogP contribution in [0.1, 0.15) is 6.42 Å². The zero-order valence-electron chi connectivity index (χ0n) is 10.2. The molecule has 1 aromatic rings. The summed E-state index contributed by atoms with van der Waals surface area (Å²) >= 11 is 5.81. The van der Waals surface area contributed by atoms with Crippen molar-refractivity contribution in [1.82, 2.24) is 4.90 Å². The van der Waals surface area contributed by atoms with Crippen molar-refractivity contribution in [3.05, 3.63) is 29.0 Å². The van der Waals surface area contributed by atoms with E-state index in [1.165, 1.54) is 6.07 Å². The third-order valence-corrected chi connectivity index (χ3v) is 3.54. The van der Waals surface area contributed by atoms with Crippen molar-refractivity contribution >= 4 is 17.3 Å². The van der Waals surface area contributed by atoms with Gasteiger partial charge in [0.15, 0.2) is 0 Å². The van der Waals surface area contributed by atoms with Gasteiger partial charge in [-0.25, -0.2) is 4.39 Å². The molecule has 96 valence electrons. The van der Waals surface area contributed by atoms with Gasteiger partial charge in [-0.1, -0.05) is 11.6 Å². The molecular weight excluding hydrogens is 253 g/mol. The first-order chi connectivity index (χ1) is 8.61. The van der Waals surface area contributed by atoms with Crippen LogP contribution in [-0.4, -0.2) is 37.6 Å². The lowest BCUT2D eigenvalue weighted by Gasteiger charge is -2.40. The van der Waals surface area contributed by atoms with E-state index in [0.29, 0.717) is 6.42 Å². The predicted molar refractivity (Wildman–Crippen MR) is 70.3 cm³/mol. The maximum Gasteiger partial charge on any atom is 0.141 e. The average Bonchev–Trinajstić information content (AvgIpc) is 2.34. The molecule has 1 aliphatic heterocycles. The Kier molecular flexibility index (Phi) is 4.05. The van der Waals surface area contributed by atoms with Crippen molar-refractivity contribution in [2.45, 2.75) is 12.5 Å². The van der Waals surface area contributed by atoms with Crippen LogP contribution in [-0.2, 0) is 0 Å². The number of hydrogen-bond acceptors (Lipinski definition) is 3. The molecule has 5 heteroatoms. The normalized spacial score (nSPS) is 20.8. The number of piperazine rings is 1. The molecule has 0 aromatic heterocycles. The van der Waals surface area contributed by atoms with Gasteiger partial charge in [-0.2, -0.15) is 5.26 Å². The molecule has 1 atom stereocenters. The maximum absolute atomic E-state index is 13.2. The molecule has 0 N–H and O–H groups in total. The molecule has 1 unspecified atom stereocenters. The molecule has 1 aliphatic rings. The van der Waals surface area contributed by atoms with Gasteiger partial charge < -0.3 is 9.80 Å². The molecule has 1 heterocycles. The molecule has 3 nitrogen and oxygen atoms in total. The summed E-state index contributed by atoms with van der Waals surface area (Å²) in [5.74, 6) is -0.411. The number of nitrogens with zero attached hydrogens (tertiary/aromatic N) is 3. The second-order valence-electron chi connectivity index (χ2n) is 4.57. The number of hydrogen-bond donors (Lipinski definition) is 0. The number of benzene rings is 1. The van der Waals surface area contributed by atoms with E-state index in [1.807, 2.05) is 7.05 Å². The standard InChI is InChI=1S/C13H15ClFN3/c1-17-6-7-18(11(9-17)4-5-16)10-2-3-13(15)12(14)8-10/h2-3,8,11H,4,6-7,9H2,1H3. The highest BCUT2D eigenvalue weighted by atomic mass is 35.5. The summed E-state index contributed by atoms with van der Waals surface area (Å²) in [7, 11) is 2.04. The van der Waals surface area contributed by atoms with Crippen LogP contribution in [0.4, 0.5) is 10.1 Å². The fourth-order valence-corrected chi connectivity index (χ4v) is 2.47. The predicted octanol–water partition coefficient (Wildman–Crippen LogP) is 2.51. The summed E-state index contributed by atoms with van der Waals surface area (Å²) in [6.07, 6.45) is 0.458. The topological polar surface area (TPSA) is 30.3 Å². The lowest BCUT2D eigenvalue weighted by molar-refractivity contribution is 0.268. The fraction of sp³-hybridized carbons (Fsp3) is 0.462. The van der Waals surface area contributed by atoms with Gasteiger partial charge >= 0.3 is 0 Å². The summed E-state index contributed by atoms with van der Waals surface area (Å²) < 4.78 is 13.2. The van der Waals surface area contributed by atoms with Gasteiger partial charge in [0.05, 0.1) is 23.6 Å². The van der Waals surface area contributed by atoms with Gasteiger partial charge in [-0.3, -0.25) is 0 Å². The molecule has 1 fully saturated rings. The second-order valence-corrected chi connectivity index (χ2v) is 4.98. The Labute approximate surface area is 111 Å². The van der Waals surface area contributed by atoms with Crippen molar-refractivity contribution in [2.75, 3.05) is 31.6 Å². The van der Waals surface area contributed by atoms with Crippen LogP contribution in [0.25, 0.3) is 0 Å². The van der Waals surface area contributed by atoms with Crippen LogP contribution < -0.4 is 4.90 Å². The highest BCUT2D eigenvalue weighted by Crippen LogP contribution is 2.26. The summed E-state index contributed by atoms with van der Waals surface area (Å²) in [6.45, 7) is 2.59. The summed E-state index contributed by atoms with van der Waals surface area (Å²) in [5, 5.41) is 9.01. The Morgan fingerprint density at radius 1 is 1.50 bits per heavy atom. The van der Waals surface area contributed by atoms with Gasteiger partial charge in [0.25, 0.3) is 0 Å². The van der Waals surface area contributed by atoms with Crippen LogP contribution in [0.3, 0.4) is 0 Å². The first-order valence-corrected chi connectivity index (χ1v) is 6.27. The minimum Gasteiger partial charge on any atom is -0.365 e. The van der Waals surface area contributed by atoms with E-state index in [9.17, 15) is 4.39 Å². The molecule has 0 amide bonds. The van der Waals surface area contributed by atoms with Crippen molar-refractivity contribution < 1.29 is 4.39 Å². The van der Waals surface area contributed by atoms with Gasteiger partial charge in [0.2, 0.25) is 0 Å². The molecule has 0 radical (unpaired) electrons. The zero-order chi connectivity index (χ0) is 13.1. The molecule has 2 rings (SSSR count). The minimum absolute atomic E-state index is 0.127. The smallest absolute Gasteiger partial charge is 0.141 e. The number of rotatable bonds is 2. The summed E-state index contributed by atoms with van der Waals surface area (Å²) in [5.41, 5.74) is 0.884. The molecular formula is C13H15ClFN3. The second kappa shape index (κ2) is 5.55. The Morgan fingerprint density at radius 2 is 2.28 bits per heavy atom. The van der Waals surface area contributed by atoms with Crippen LogP contribution in [0.15, 0.2) is 18.2 Å². The molecule has 0 aliphatic carbocycles. The van der Waals surface area contributed by atoms with Crippen LogP contribution >= 0.6 is 11.6 Å². The molecule has 18 heavy (non-hydrogen) atoms. The van der Waals surface area contributed by atoms with Crippen molar-refractivity contribution in [2.24, 2.45) is 0 Å². The first-order valence-electron chi connectivity index (χ1n) is 5.89. The van der Waals surface area contributed by atoms with Crippen LogP contribution in [0, 0.1) is 17.1 Å². The minimum atomic E-state index is -0.411. The lowest BCUT2D eigenvalue weighted by atomic mass is 10.1. The molecule has 0 saturated carbocycles. The van der Waals surface area contributed by atoms with E-state index in [1.54, 1.807) is 12.1 Å². The van der Waals surface area contributed by atoms with E-state index in [2.05, 4.69) is 15.9 Å². The highest BCUT2D eigenvalue weighted by Gasteiger charge is 2.25.